The highest BCUT2D eigenvalue weighted by molar-refractivity contribution is 9.12. The number of para-hydroxylation sites is 1. The zero-order valence-electron chi connectivity index (χ0n) is 8.44. The Hall–Kier alpha value is -1.62. The van der Waals surface area contributed by atoms with Crippen molar-refractivity contribution in [1.29, 1.82) is 0 Å². The maximum absolute atomic E-state index is 11.1. The van der Waals surface area contributed by atoms with Crippen molar-refractivity contribution in [1.82, 2.24) is 0 Å². The molecule has 0 aliphatic heterocycles. The number of ether oxygens (including phenoxy) is 1. The monoisotopic (exact) mass is 284 g/mol. The van der Waals surface area contributed by atoms with E-state index >= 15 is 0 Å². The molecule has 0 fully saturated rings. The fraction of sp³-hybridized carbons (Fsp3) is 0.0909. The van der Waals surface area contributed by atoms with E-state index in [1.165, 1.54) is 13.2 Å². The SMILES string of the molecule is COc1ccccc1/C=C(\Br)C(=O)C(=O)O. The van der Waals surface area contributed by atoms with Crippen molar-refractivity contribution in [2.75, 3.05) is 7.11 Å². The number of halogens is 1. The number of carboxylic acid groups (broad SMARTS) is 1. The van der Waals surface area contributed by atoms with E-state index in [1.54, 1.807) is 24.3 Å². The number of rotatable bonds is 4. The number of carbonyl (C=O) groups excluding carboxylic acids is 1. The van der Waals surface area contributed by atoms with Gasteiger partial charge in [-0.05, 0) is 28.1 Å². The Morgan fingerprint density at radius 1 is 1.38 bits per heavy atom. The highest BCUT2D eigenvalue weighted by Crippen LogP contribution is 2.22. The summed E-state index contributed by atoms with van der Waals surface area (Å²) in [5.41, 5.74) is 0.631. The van der Waals surface area contributed by atoms with Crippen molar-refractivity contribution in [3.05, 3.63) is 34.3 Å². The van der Waals surface area contributed by atoms with Gasteiger partial charge in [0, 0.05) is 5.56 Å². The normalized spacial score (nSPS) is 11.0. The number of carbonyl (C=O) groups is 2. The third kappa shape index (κ3) is 2.93. The van der Waals surface area contributed by atoms with E-state index in [2.05, 4.69) is 15.9 Å². The smallest absolute Gasteiger partial charge is 0.377 e. The van der Waals surface area contributed by atoms with E-state index in [0.717, 1.165) is 0 Å². The zero-order chi connectivity index (χ0) is 12.1. The Morgan fingerprint density at radius 2 is 2.00 bits per heavy atom. The molecule has 4 nitrogen and oxygen atoms in total. The predicted molar refractivity (Wildman–Crippen MR) is 62.5 cm³/mol. The van der Waals surface area contributed by atoms with Crippen molar-refractivity contribution in [2.24, 2.45) is 0 Å². The van der Waals surface area contributed by atoms with Crippen LogP contribution in [0, 0.1) is 0 Å². The Bertz CT molecular complexity index is 451. The van der Waals surface area contributed by atoms with Crippen molar-refractivity contribution in [2.45, 2.75) is 0 Å². The van der Waals surface area contributed by atoms with E-state index in [-0.39, 0.29) is 4.48 Å². The number of benzene rings is 1. The molecule has 0 aliphatic carbocycles. The number of Topliss-reactive ketones (excluding diaryl/α,β-unsaturated/α-hetero) is 1. The van der Waals surface area contributed by atoms with Crippen LogP contribution < -0.4 is 4.74 Å². The van der Waals surface area contributed by atoms with Crippen LogP contribution in [0.25, 0.3) is 6.08 Å². The van der Waals surface area contributed by atoms with Crippen molar-refractivity contribution < 1.29 is 19.4 Å². The minimum atomic E-state index is -1.50. The molecule has 0 bridgehead atoms. The van der Waals surface area contributed by atoms with Crippen LogP contribution in [0.2, 0.25) is 0 Å². The molecule has 84 valence electrons. The summed E-state index contributed by atoms with van der Waals surface area (Å²) in [6.45, 7) is 0. The average molecular weight is 285 g/mol. The van der Waals surface area contributed by atoms with Crippen LogP contribution in [0.1, 0.15) is 5.56 Å². The zero-order valence-corrected chi connectivity index (χ0v) is 10.0. The summed E-state index contributed by atoms with van der Waals surface area (Å²) >= 11 is 2.92. The van der Waals surface area contributed by atoms with Gasteiger partial charge in [-0.1, -0.05) is 18.2 Å². The molecule has 5 heteroatoms. The molecule has 1 N–H and O–H groups in total. The summed E-state index contributed by atoms with van der Waals surface area (Å²) in [6, 6.07) is 6.98. The number of hydrogen-bond donors (Lipinski definition) is 1. The van der Waals surface area contributed by atoms with Crippen LogP contribution in [0.3, 0.4) is 0 Å². The summed E-state index contributed by atoms with van der Waals surface area (Å²) < 4.78 is 5.04. The molecule has 0 atom stereocenters. The van der Waals surface area contributed by atoms with Crippen LogP contribution >= 0.6 is 15.9 Å². The number of carboxylic acids is 1. The highest BCUT2D eigenvalue weighted by Gasteiger charge is 2.15. The Kier molecular flexibility index (Phi) is 4.25. The first-order chi connectivity index (χ1) is 7.56. The van der Waals surface area contributed by atoms with Gasteiger partial charge in [-0.3, -0.25) is 4.79 Å². The number of ketones is 1. The van der Waals surface area contributed by atoms with Gasteiger partial charge in [0.15, 0.2) is 0 Å². The lowest BCUT2D eigenvalue weighted by molar-refractivity contribution is -0.146. The van der Waals surface area contributed by atoms with Gasteiger partial charge < -0.3 is 9.84 Å². The van der Waals surface area contributed by atoms with Crippen molar-refractivity contribution in [3.8, 4) is 5.75 Å². The second-order valence-electron chi connectivity index (χ2n) is 2.87. The molecule has 0 radical (unpaired) electrons. The standard InChI is InChI=1S/C11H9BrO4/c1-16-9-5-3-2-4-7(9)6-8(12)10(13)11(14)15/h2-6H,1H3,(H,14,15)/b8-6-. The third-order valence-electron chi connectivity index (χ3n) is 1.83. The minimum Gasteiger partial charge on any atom is -0.496 e. The number of methoxy groups -OCH3 is 1. The molecule has 0 aromatic heterocycles. The van der Waals surface area contributed by atoms with Gasteiger partial charge in [-0.25, -0.2) is 4.79 Å². The summed E-state index contributed by atoms with van der Waals surface area (Å²) in [6.07, 6.45) is 1.41. The molecule has 0 heterocycles. The summed E-state index contributed by atoms with van der Waals surface area (Å²) in [5.74, 6) is -1.93. The maximum atomic E-state index is 11.1. The molecule has 0 saturated heterocycles. The first kappa shape index (κ1) is 12.4. The second-order valence-corrected chi connectivity index (χ2v) is 3.72. The van der Waals surface area contributed by atoms with Gasteiger partial charge in [0.2, 0.25) is 0 Å². The highest BCUT2D eigenvalue weighted by atomic mass is 79.9. The Balaban J connectivity index is 3.07. The summed E-state index contributed by atoms with van der Waals surface area (Å²) in [4.78, 5) is 21.5. The van der Waals surface area contributed by atoms with Crippen LogP contribution in [-0.4, -0.2) is 24.0 Å². The van der Waals surface area contributed by atoms with Gasteiger partial charge in [-0.2, -0.15) is 0 Å². The van der Waals surface area contributed by atoms with Gasteiger partial charge in [0.05, 0.1) is 11.6 Å². The summed E-state index contributed by atoms with van der Waals surface area (Å²) in [5, 5.41) is 8.51. The number of hydrogen-bond acceptors (Lipinski definition) is 3. The van der Waals surface area contributed by atoms with Crippen LogP contribution in [0.4, 0.5) is 0 Å². The summed E-state index contributed by atoms with van der Waals surface area (Å²) in [7, 11) is 1.50. The molecule has 0 unspecified atom stereocenters. The molecule has 16 heavy (non-hydrogen) atoms. The maximum Gasteiger partial charge on any atom is 0.377 e. The lowest BCUT2D eigenvalue weighted by Gasteiger charge is -2.03. The fourth-order valence-corrected chi connectivity index (χ4v) is 1.51. The molecular weight excluding hydrogens is 276 g/mol. The largest absolute Gasteiger partial charge is 0.496 e. The van der Waals surface area contributed by atoms with E-state index in [4.69, 9.17) is 9.84 Å². The minimum absolute atomic E-state index is 0.0236. The molecule has 0 saturated carbocycles. The lowest BCUT2D eigenvalue weighted by atomic mass is 10.1. The van der Waals surface area contributed by atoms with Crippen LogP contribution in [0.5, 0.6) is 5.75 Å². The second kappa shape index (κ2) is 5.46. The molecule has 0 spiro atoms. The average Bonchev–Trinajstić information content (AvgIpc) is 2.28. The molecule has 1 rings (SSSR count). The van der Waals surface area contributed by atoms with E-state index in [1.807, 2.05) is 0 Å². The van der Waals surface area contributed by atoms with Gasteiger partial charge in [0.1, 0.15) is 5.75 Å². The topological polar surface area (TPSA) is 63.6 Å². The fourth-order valence-electron chi connectivity index (χ4n) is 1.09. The first-order valence-electron chi connectivity index (χ1n) is 4.34. The van der Waals surface area contributed by atoms with E-state index < -0.39 is 11.8 Å². The van der Waals surface area contributed by atoms with Crippen molar-refractivity contribution >= 4 is 33.8 Å². The third-order valence-corrected chi connectivity index (χ3v) is 2.42. The van der Waals surface area contributed by atoms with Gasteiger partial charge in [-0.15, -0.1) is 0 Å². The quantitative estimate of drug-likeness (QED) is 0.679. The van der Waals surface area contributed by atoms with Crippen LogP contribution in [-0.2, 0) is 9.59 Å². The Labute approximate surface area is 101 Å². The number of aliphatic carboxylic acids is 1. The Morgan fingerprint density at radius 3 is 2.56 bits per heavy atom. The van der Waals surface area contributed by atoms with Gasteiger partial charge >= 0.3 is 5.97 Å². The lowest BCUT2D eigenvalue weighted by Crippen LogP contribution is -2.11. The van der Waals surface area contributed by atoms with Crippen LogP contribution in [0.15, 0.2) is 28.7 Å². The predicted octanol–water partition coefficient (Wildman–Crippen LogP) is 2.08. The molecule has 0 amide bonds. The van der Waals surface area contributed by atoms with Crippen molar-refractivity contribution in [3.63, 3.8) is 0 Å². The molecule has 1 aromatic carbocycles. The van der Waals surface area contributed by atoms with E-state index in [9.17, 15) is 9.59 Å². The first-order valence-corrected chi connectivity index (χ1v) is 5.13. The molecule has 0 aliphatic rings. The van der Waals surface area contributed by atoms with Gasteiger partial charge in [0.25, 0.3) is 5.78 Å². The molecule has 1 aromatic rings. The molecular formula is C11H9BrO4. The van der Waals surface area contributed by atoms with E-state index in [0.29, 0.717) is 11.3 Å².